The van der Waals surface area contributed by atoms with Crippen LogP contribution in [0, 0.1) is 6.92 Å². The monoisotopic (exact) mass is 409 g/mol. The molecule has 0 aliphatic rings. The van der Waals surface area contributed by atoms with Crippen LogP contribution >= 0.6 is 11.8 Å². The average molecular weight is 409 g/mol. The molecular formula is C20H19N5O3S. The van der Waals surface area contributed by atoms with Gasteiger partial charge < -0.3 is 8.98 Å². The molecule has 0 aliphatic carbocycles. The third kappa shape index (κ3) is 3.44. The van der Waals surface area contributed by atoms with Crippen molar-refractivity contribution < 1.29 is 4.42 Å². The van der Waals surface area contributed by atoms with E-state index in [-0.39, 0.29) is 17.8 Å². The van der Waals surface area contributed by atoms with Gasteiger partial charge in [-0.05, 0) is 36.4 Å². The molecule has 148 valence electrons. The van der Waals surface area contributed by atoms with Gasteiger partial charge in [0.05, 0.1) is 17.8 Å². The van der Waals surface area contributed by atoms with Crippen LogP contribution in [0.15, 0.2) is 72.9 Å². The topological polar surface area (TPSA) is 87.8 Å². The van der Waals surface area contributed by atoms with Crippen molar-refractivity contribution in [2.75, 3.05) is 0 Å². The Morgan fingerprint density at radius 1 is 1.00 bits per heavy atom. The van der Waals surface area contributed by atoms with Crippen molar-refractivity contribution in [1.29, 1.82) is 0 Å². The summed E-state index contributed by atoms with van der Waals surface area (Å²) in [4.78, 5) is 25.8. The maximum atomic E-state index is 12.9. The molecule has 0 radical (unpaired) electrons. The summed E-state index contributed by atoms with van der Waals surface area (Å²) in [6.07, 6.45) is 1.57. The molecular weight excluding hydrogens is 390 g/mol. The van der Waals surface area contributed by atoms with Crippen molar-refractivity contribution in [3.8, 4) is 11.6 Å². The first-order valence-electron chi connectivity index (χ1n) is 8.93. The summed E-state index contributed by atoms with van der Waals surface area (Å²) in [5.41, 5.74) is 0.687. The molecule has 0 spiro atoms. The van der Waals surface area contributed by atoms with Crippen LogP contribution in [0.1, 0.15) is 11.1 Å². The van der Waals surface area contributed by atoms with Gasteiger partial charge in [-0.1, -0.05) is 30.3 Å². The number of hydrogen-bond acceptors (Lipinski definition) is 6. The number of nitrogens with zero attached hydrogens (tertiary/aromatic N) is 5. The van der Waals surface area contributed by atoms with Gasteiger partial charge in [-0.15, -0.1) is 10.2 Å². The molecule has 29 heavy (non-hydrogen) atoms. The summed E-state index contributed by atoms with van der Waals surface area (Å²) in [5, 5.41) is 9.43. The maximum Gasteiger partial charge on any atom is 0.331 e. The van der Waals surface area contributed by atoms with Crippen LogP contribution in [0.5, 0.6) is 0 Å². The molecule has 0 aliphatic heterocycles. The lowest BCUT2D eigenvalue weighted by Crippen LogP contribution is -2.41. The maximum absolute atomic E-state index is 12.9. The molecule has 0 atom stereocenters. The standard InChI is InChI=1S/C20H19N5O3S/c1-13-17(26)25(12-14-8-5-4-6-9-14)20(27)24(3)18(13)29-19-22-21-16(23(19)2)15-10-7-11-28-15/h4-11H,12H2,1-3H3. The van der Waals surface area contributed by atoms with Crippen LogP contribution in [-0.4, -0.2) is 23.9 Å². The van der Waals surface area contributed by atoms with Crippen molar-refractivity contribution >= 4 is 11.8 Å². The quantitative estimate of drug-likeness (QED) is 0.471. The fourth-order valence-corrected chi connectivity index (χ4v) is 3.99. The van der Waals surface area contributed by atoms with Gasteiger partial charge >= 0.3 is 5.69 Å². The van der Waals surface area contributed by atoms with Gasteiger partial charge in [0.25, 0.3) is 5.56 Å². The summed E-state index contributed by atoms with van der Waals surface area (Å²) in [6.45, 7) is 1.94. The molecule has 3 aromatic heterocycles. The lowest BCUT2D eigenvalue weighted by Gasteiger charge is -2.14. The Morgan fingerprint density at radius 2 is 1.76 bits per heavy atom. The lowest BCUT2D eigenvalue weighted by molar-refractivity contribution is 0.572. The number of rotatable bonds is 5. The van der Waals surface area contributed by atoms with Crippen LogP contribution in [0.3, 0.4) is 0 Å². The predicted molar refractivity (Wildman–Crippen MR) is 109 cm³/mol. The minimum Gasteiger partial charge on any atom is -0.461 e. The number of aromatic nitrogens is 5. The zero-order valence-electron chi connectivity index (χ0n) is 16.2. The van der Waals surface area contributed by atoms with E-state index in [0.717, 1.165) is 5.56 Å². The molecule has 8 nitrogen and oxygen atoms in total. The fourth-order valence-electron chi connectivity index (χ4n) is 3.06. The number of hydrogen-bond donors (Lipinski definition) is 0. The first kappa shape index (κ1) is 19.0. The minimum absolute atomic E-state index is 0.227. The molecule has 0 bridgehead atoms. The van der Waals surface area contributed by atoms with Crippen molar-refractivity contribution in [1.82, 2.24) is 23.9 Å². The molecule has 0 amide bonds. The Bertz CT molecular complexity index is 1230. The Hall–Kier alpha value is -3.33. The third-order valence-corrected chi connectivity index (χ3v) is 5.97. The van der Waals surface area contributed by atoms with Crippen molar-refractivity contribution in [3.63, 3.8) is 0 Å². The highest BCUT2D eigenvalue weighted by Crippen LogP contribution is 2.29. The van der Waals surface area contributed by atoms with Crippen LogP contribution in [-0.2, 0) is 20.6 Å². The molecule has 9 heteroatoms. The van der Waals surface area contributed by atoms with E-state index in [1.165, 1.54) is 20.9 Å². The Morgan fingerprint density at radius 3 is 2.45 bits per heavy atom. The van der Waals surface area contributed by atoms with E-state index < -0.39 is 0 Å². The van der Waals surface area contributed by atoms with Gasteiger partial charge in [0.2, 0.25) is 0 Å². The summed E-state index contributed by atoms with van der Waals surface area (Å²) < 4.78 is 9.88. The molecule has 0 saturated heterocycles. The zero-order valence-corrected chi connectivity index (χ0v) is 17.0. The fraction of sp³-hybridized carbons (Fsp3) is 0.200. The van der Waals surface area contributed by atoms with Gasteiger partial charge in [-0.2, -0.15) is 0 Å². The highest BCUT2D eigenvalue weighted by molar-refractivity contribution is 7.99. The minimum atomic E-state index is -0.375. The van der Waals surface area contributed by atoms with Crippen LogP contribution in [0.4, 0.5) is 0 Å². The van der Waals surface area contributed by atoms with E-state index in [4.69, 9.17) is 4.42 Å². The molecule has 4 aromatic rings. The first-order chi connectivity index (χ1) is 14.0. The van der Waals surface area contributed by atoms with E-state index in [2.05, 4.69) is 10.2 Å². The molecule has 3 heterocycles. The molecule has 0 fully saturated rings. The van der Waals surface area contributed by atoms with Gasteiger partial charge in [0.15, 0.2) is 16.7 Å². The smallest absolute Gasteiger partial charge is 0.331 e. The molecule has 4 rings (SSSR count). The second-order valence-electron chi connectivity index (χ2n) is 6.59. The van der Waals surface area contributed by atoms with Gasteiger partial charge in [-0.25, -0.2) is 4.79 Å². The SMILES string of the molecule is Cc1c(Sc2nnc(-c3ccco3)n2C)n(C)c(=O)n(Cc2ccccc2)c1=O. The largest absolute Gasteiger partial charge is 0.461 e. The number of furan rings is 1. The lowest BCUT2D eigenvalue weighted by atomic mass is 10.2. The summed E-state index contributed by atoms with van der Waals surface area (Å²) in [5.74, 6) is 1.16. The average Bonchev–Trinajstić information content (AvgIpc) is 3.38. The van der Waals surface area contributed by atoms with Crippen LogP contribution < -0.4 is 11.2 Å². The van der Waals surface area contributed by atoms with E-state index in [0.29, 0.717) is 27.3 Å². The molecule has 1 aromatic carbocycles. The van der Waals surface area contributed by atoms with Gasteiger partial charge in [-0.3, -0.25) is 13.9 Å². The van der Waals surface area contributed by atoms with Gasteiger partial charge in [0, 0.05) is 19.7 Å². The Kier molecular flexibility index (Phi) is 4.98. The second kappa shape index (κ2) is 7.59. The first-order valence-corrected chi connectivity index (χ1v) is 9.74. The molecule has 0 unspecified atom stereocenters. The summed E-state index contributed by atoms with van der Waals surface area (Å²) >= 11 is 1.23. The third-order valence-electron chi connectivity index (χ3n) is 4.66. The number of benzene rings is 1. The Labute approximate surface area is 170 Å². The van der Waals surface area contributed by atoms with Crippen LogP contribution in [0.2, 0.25) is 0 Å². The predicted octanol–water partition coefficient (Wildman–Crippen LogP) is 2.44. The highest BCUT2D eigenvalue weighted by Gasteiger charge is 2.19. The summed E-state index contributed by atoms with van der Waals surface area (Å²) in [6, 6.07) is 13.0. The Balaban J connectivity index is 1.73. The summed E-state index contributed by atoms with van der Waals surface area (Å²) in [7, 11) is 3.46. The second-order valence-corrected chi connectivity index (χ2v) is 7.55. The van der Waals surface area contributed by atoms with E-state index in [9.17, 15) is 9.59 Å². The van der Waals surface area contributed by atoms with Crippen molar-refractivity contribution in [2.45, 2.75) is 23.7 Å². The van der Waals surface area contributed by atoms with Gasteiger partial charge in [0.1, 0.15) is 0 Å². The van der Waals surface area contributed by atoms with Crippen molar-refractivity contribution in [3.05, 3.63) is 80.7 Å². The zero-order chi connectivity index (χ0) is 20.5. The highest BCUT2D eigenvalue weighted by atomic mass is 32.2. The molecule has 0 N–H and O–H groups in total. The van der Waals surface area contributed by atoms with Crippen LogP contribution in [0.25, 0.3) is 11.6 Å². The van der Waals surface area contributed by atoms with E-state index >= 15 is 0 Å². The molecule has 0 saturated carbocycles. The van der Waals surface area contributed by atoms with E-state index in [1.807, 2.05) is 37.4 Å². The van der Waals surface area contributed by atoms with Crippen molar-refractivity contribution in [2.24, 2.45) is 14.1 Å². The normalized spacial score (nSPS) is 11.1. The van der Waals surface area contributed by atoms with E-state index in [1.54, 1.807) is 36.9 Å².